The number of halogens is 1. The van der Waals surface area contributed by atoms with Gasteiger partial charge in [0.15, 0.2) is 0 Å². The number of hydrogen-bond donors (Lipinski definition) is 0. The van der Waals surface area contributed by atoms with Gasteiger partial charge in [-0.3, -0.25) is 0 Å². The Hall–Kier alpha value is -1.31. The molecule has 0 saturated carbocycles. The minimum absolute atomic E-state index is 0.0583. The van der Waals surface area contributed by atoms with Crippen molar-refractivity contribution in [2.75, 3.05) is 13.1 Å². The van der Waals surface area contributed by atoms with Crippen LogP contribution in [0, 0.1) is 11.3 Å². The second-order valence-corrected chi connectivity index (χ2v) is 4.73. The molecule has 1 fully saturated rings. The first-order valence-corrected chi connectivity index (χ1v) is 4.84. The molecule has 5 heteroatoms. The maximum absolute atomic E-state index is 13.5. The summed E-state index contributed by atoms with van der Waals surface area (Å²) in [6.07, 6.45) is -0.500. The van der Waals surface area contributed by atoms with Crippen LogP contribution < -0.4 is 0 Å². The highest BCUT2D eigenvalue weighted by Gasteiger charge is 2.41. The smallest absolute Gasteiger partial charge is 0.410 e. The fraction of sp³-hybridized carbons (Fsp3) is 0.800. The number of carbonyl (C=O) groups is 1. The average Bonchev–Trinajstić information content (AvgIpc) is 2.46. The number of amides is 1. The van der Waals surface area contributed by atoms with Crippen LogP contribution in [0.4, 0.5) is 9.18 Å². The first kappa shape index (κ1) is 11.8. The molecule has 1 amide bonds. The maximum Gasteiger partial charge on any atom is 0.410 e. The van der Waals surface area contributed by atoms with E-state index in [-0.39, 0.29) is 19.5 Å². The van der Waals surface area contributed by atoms with Crippen molar-refractivity contribution in [2.24, 2.45) is 0 Å². The van der Waals surface area contributed by atoms with Gasteiger partial charge >= 0.3 is 6.09 Å². The predicted octanol–water partition coefficient (Wildman–Crippen LogP) is 1.86. The molecule has 0 spiro atoms. The van der Waals surface area contributed by atoms with E-state index >= 15 is 0 Å². The maximum atomic E-state index is 13.5. The zero-order valence-electron chi connectivity index (χ0n) is 9.21. The molecule has 1 heterocycles. The molecule has 1 atom stereocenters. The Bertz CT molecular complexity index is 306. The molecule has 1 aliphatic heterocycles. The molecule has 1 rings (SSSR count). The number of ether oxygens (including phenoxy) is 1. The molecular weight excluding hydrogens is 199 g/mol. The molecule has 0 aromatic rings. The Morgan fingerprint density at radius 3 is 2.60 bits per heavy atom. The summed E-state index contributed by atoms with van der Waals surface area (Å²) in [5.74, 6) is 0. The highest BCUT2D eigenvalue weighted by Crippen LogP contribution is 2.25. The first-order valence-electron chi connectivity index (χ1n) is 4.84. The van der Waals surface area contributed by atoms with Gasteiger partial charge in [-0.05, 0) is 20.8 Å². The average molecular weight is 214 g/mol. The normalized spacial score (nSPS) is 26.2. The summed E-state index contributed by atoms with van der Waals surface area (Å²) in [6.45, 7) is 5.27. The van der Waals surface area contributed by atoms with Crippen LogP contribution in [0.25, 0.3) is 0 Å². The second-order valence-electron chi connectivity index (χ2n) is 4.73. The molecule has 0 unspecified atom stereocenters. The van der Waals surface area contributed by atoms with E-state index in [9.17, 15) is 9.18 Å². The van der Waals surface area contributed by atoms with Crippen molar-refractivity contribution in [3.05, 3.63) is 0 Å². The Morgan fingerprint density at radius 1 is 1.60 bits per heavy atom. The summed E-state index contributed by atoms with van der Waals surface area (Å²) in [5.41, 5.74) is -2.50. The van der Waals surface area contributed by atoms with Crippen LogP contribution in [0.2, 0.25) is 0 Å². The van der Waals surface area contributed by atoms with Crippen LogP contribution in [0.15, 0.2) is 0 Å². The number of carbonyl (C=O) groups excluding carboxylic acids is 1. The third-order valence-electron chi connectivity index (χ3n) is 2.07. The second kappa shape index (κ2) is 3.69. The van der Waals surface area contributed by atoms with Crippen LogP contribution >= 0.6 is 0 Å². The van der Waals surface area contributed by atoms with E-state index < -0.39 is 17.4 Å². The Morgan fingerprint density at radius 2 is 2.20 bits per heavy atom. The molecule has 15 heavy (non-hydrogen) atoms. The molecule has 84 valence electrons. The van der Waals surface area contributed by atoms with Gasteiger partial charge in [0, 0.05) is 13.0 Å². The third-order valence-corrected chi connectivity index (χ3v) is 2.07. The zero-order valence-corrected chi connectivity index (χ0v) is 9.21. The van der Waals surface area contributed by atoms with Crippen LogP contribution in [-0.2, 0) is 4.74 Å². The number of nitriles is 1. The highest BCUT2D eigenvalue weighted by molar-refractivity contribution is 5.68. The number of rotatable bonds is 0. The highest BCUT2D eigenvalue weighted by atomic mass is 19.1. The molecule has 0 N–H and O–H groups in total. The molecule has 0 aromatic carbocycles. The number of hydrogen-bond acceptors (Lipinski definition) is 3. The molecular formula is C10H15FN2O2. The van der Waals surface area contributed by atoms with Gasteiger partial charge < -0.3 is 9.64 Å². The Balaban J connectivity index is 2.56. The van der Waals surface area contributed by atoms with Crippen molar-refractivity contribution in [3.63, 3.8) is 0 Å². The van der Waals surface area contributed by atoms with Crippen molar-refractivity contribution in [1.29, 1.82) is 5.26 Å². The van der Waals surface area contributed by atoms with Crippen molar-refractivity contribution in [1.82, 2.24) is 4.90 Å². The van der Waals surface area contributed by atoms with Gasteiger partial charge in [0.25, 0.3) is 0 Å². The SMILES string of the molecule is CC(C)(C)OC(=O)N1CC[C@@](F)(C#N)C1. The summed E-state index contributed by atoms with van der Waals surface area (Å²) in [6, 6.07) is 1.57. The topological polar surface area (TPSA) is 53.3 Å². The standard InChI is InChI=1S/C10H15FN2O2/c1-9(2,3)15-8(14)13-5-4-10(11,6-12)7-13/h4-5,7H2,1-3H3/t10-/m1/s1. The molecule has 1 aliphatic rings. The molecule has 4 nitrogen and oxygen atoms in total. The van der Waals surface area contributed by atoms with E-state index in [2.05, 4.69) is 0 Å². The van der Waals surface area contributed by atoms with E-state index in [0.29, 0.717) is 0 Å². The molecule has 0 bridgehead atoms. The van der Waals surface area contributed by atoms with E-state index in [0.717, 1.165) is 0 Å². The van der Waals surface area contributed by atoms with Gasteiger partial charge in [-0.1, -0.05) is 0 Å². The monoisotopic (exact) mass is 214 g/mol. The van der Waals surface area contributed by atoms with Crippen LogP contribution in [0.1, 0.15) is 27.2 Å². The van der Waals surface area contributed by atoms with Gasteiger partial charge in [0.1, 0.15) is 11.7 Å². The minimum atomic E-state index is -1.91. The van der Waals surface area contributed by atoms with Gasteiger partial charge in [0.05, 0.1) is 6.54 Å². The number of alkyl halides is 1. The van der Waals surface area contributed by atoms with Crippen molar-refractivity contribution < 1.29 is 13.9 Å². The van der Waals surface area contributed by atoms with E-state index in [1.54, 1.807) is 26.8 Å². The third kappa shape index (κ3) is 3.08. The van der Waals surface area contributed by atoms with Crippen molar-refractivity contribution in [2.45, 2.75) is 38.5 Å². The number of likely N-dealkylation sites (tertiary alicyclic amines) is 1. The first-order chi connectivity index (χ1) is 6.76. The van der Waals surface area contributed by atoms with Gasteiger partial charge in [0.2, 0.25) is 5.67 Å². The lowest BCUT2D eigenvalue weighted by Crippen LogP contribution is -2.37. The van der Waals surface area contributed by atoms with Crippen LogP contribution in [0.3, 0.4) is 0 Å². The van der Waals surface area contributed by atoms with E-state index in [1.807, 2.05) is 0 Å². The van der Waals surface area contributed by atoms with E-state index in [4.69, 9.17) is 10.00 Å². The molecule has 0 radical (unpaired) electrons. The zero-order chi connectivity index (χ0) is 11.7. The molecule has 1 saturated heterocycles. The molecule has 0 aliphatic carbocycles. The molecule has 0 aromatic heterocycles. The van der Waals surface area contributed by atoms with Crippen molar-refractivity contribution >= 4 is 6.09 Å². The fourth-order valence-electron chi connectivity index (χ4n) is 1.35. The fourth-order valence-corrected chi connectivity index (χ4v) is 1.35. The van der Waals surface area contributed by atoms with Gasteiger partial charge in [-0.2, -0.15) is 5.26 Å². The summed E-state index contributed by atoms with van der Waals surface area (Å²) < 4.78 is 18.5. The predicted molar refractivity (Wildman–Crippen MR) is 51.9 cm³/mol. The van der Waals surface area contributed by atoms with Gasteiger partial charge in [-0.15, -0.1) is 0 Å². The van der Waals surface area contributed by atoms with E-state index in [1.165, 1.54) is 4.90 Å². The summed E-state index contributed by atoms with van der Waals surface area (Å²) in [5, 5.41) is 8.55. The van der Waals surface area contributed by atoms with Crippen molar-refractivity contribution in [3.8, 4) is 6.07 Å². The quantitative estimate of drug-likeness (QED) is 0.618. The van der Waals surface area contributed by atoms with Gasteiger partial charge in [-0.25, -0.2) is 9.18 Å². The Kier molecular flexibility index (Phi) is 2.89. The number of nitrogens with zero attached hydrogens (tertiary/aromatic N) is 2. The largest absolute Gasteiger partial charge is 0.444 e. The van der Waals surface area contributed by atoms with Crippen LogP contribution in [-0.4, -0.2) is 35.4 Å². The lowest BCUT2D eigenvalue weighted by Gasteiger charge is -2.24. The minimum Gasteiger partial charge on any atom is -0.444 e. The summed E-state index contributed by atoms with van der Waals surface area (Å²) >= 11 is 0. The Labute approximate surface area is 88.6 Å². The lowest BCUT2D eigenvalue weighted by atomic mass is 10.1. The summed E-state index contributed by atoms with van der Waals surface area (Å²) in [7, 11) is 0. The van der Waals surface area contributed by atoms with Crippen LogP contribution in [0.5, 0.6) is 0 Å². The summed E-state index contributed by atoms with van der Waals surface area (Å²) in [4.78, 5) is 12.7. The lowest BCUT2D eigenvalue weighted by molar-refractivity contribution is 0.0273.